The zero-order chi connectivity index (χ0) is 17.1. The number of ether oxygens (including phenoxy) is 1. The highest BCUT2D eigenvalue weighted by molar-refractivity contribution is 6.03. The van der Waals surface area contributed by atoms with E-state index in [2.05, 4.69) is 41.2 Å². The molecule has 1 amide bonds. The Morgan fingerprint density at radius 1 is 1.38 bits per heavy atom. The average Bonchev–Trinajstić information content (AvgIpc) is 3.07. The first-order valence-electron chi connectivity index (χ1n) is 8.35. The number of aromatic amines is 1. The van der Waals surface area contributed by atoms with Crippen molar-refractivity contribution >= 4 is 17.3 Å². The van der Waals surface area contributed by atoms with Crippen molar-refractivity contribution in [3.8, 4) is 0 Å². The fourth-order valence-electron chi connectivity index (χ4n) is 2.79. The summed E-state index contributed by atoms with van der Waals surface area (Å²) < 4.78 is 5.47. The van der Waals surface area contributed by atoms with Crippen LogP contribution in [0.25, 0.3) is 0 Å². The van der Waals surface area contributed by atoms with Gasteiger partial charge in [-0.1, -0.05) is 13.8 Å². The third-order valence-electron chi connectivity index (χ3n) is 4.28. The molecule has 1 fully saturated rings. The van der Waals surface area contributed by atoms with Crippen LogP contribution in [0, 0.1) is 0 Å². The Morgan fingerprint density at radius 3 is 2.75 bits per heavy atom. The van der Waals surface area contributed by atoms with Gasteiger partial charge in [0.2, 0.25) is 0 Å². The molecular weight excluding hydrogens is 304 g/mol. The van der Waals surface area contributed by atoms with E-state index in [1.165, 1.54) is 0 Å². The topological polar surface area (TPSA) is 70.2 Å². The molecule has 0 spiro atoms. The van der Waals surface area contributed by atoms with Gasteiger partial charge in [-0.2, -0.15) is 5.10 Å². The van der Waals surface area contributed by atoms with E-state index < -0.39 is 0 Å². The van der Waals surface area contributed by atoms with Crippen molar-refractivity contribution in [2.45, 2.75) is 32.7 Å². The largest absolute Gasteiger partial charge is 0.377 e. The van der Waals surface area contributed by atoms with E-state index in [1.54, 1.807) is 6.07 Å². The summed E-state index contributed by atoms with van der Waals surface area (Å²) in [5.41, 5.74) is 3.27. The van der Waals surface area contributed by atoms with Crippen molar-refractivity contribution in [2.24, 2.45) is 0 Å². The summed E-state index contributed by atoms with van der Waals surface area (Å²) in [5.74, 6) is 0.111. The smallest absolute Gasteiger partial charge is 0.276 e. The van der Waals surface area contributed by atoms with Gasteiger partial charge in [0, 0.05) is 29.7 Å². The van der Waals surface area contributed by atoms with Gasteiger partial charge in [-0.05, 0) is 43.2 Å². The maximum atomic E-state index is 12.3. The van der Waals surface area contributed by atoms with Crippen LogP contribution in [0.4, 0.5) is 11.4 Å². The van der Waals surface area contributed by atoms with Crippen molar-refractivity contribution in [2.75, 3.05) is 30.0 Å². The van der Waals surface area contributed by atoms with Crippen LogP contribution in [0.5, 0.6) is 0 Å². The summed E-state index contributed by atoms with van der Waals surface area (Å²) in [4.78, 5) is 14.6. The lowest BCUT2D eigenvalue weighted by molar-refractivity contribution is 0.0989. The van der Waals surface area contributed by atoms with Gasteiger partial charge in [-0.3, -0.25) is 9.89 Å². The molecule has 0 radical (unpaired) electrons. The van der Waals surface area contributed by atoms with E-state index in [0.717, 1.165) is 36.8 Å². The van der Waals surface area contributed by atoms with Crippen molar-refractivity contribution < 1.29 is 9.53 Å². The maximum Gasteiger partial charge on any atom is 0.276 e. The zero-order valence-electron chi connectivity index (χ0n) is 14.4. The van der Waals surface area contributed by atoms with E-state index in [9.17, 15) is 4.79 Å². The maximum absolute atomic E-state index is 12.3. The third-order valence-corrected chi connectivity index (χ3v) is 4.28. The summed E-state index contributed by atoms with van der Waals surface area (Å²) in [6.07, 6.45) is 0. The number of rotatable bonds is 4. The quantitative estimate of drug-likeness (QED) is 0.905. The highest BCUT2D eigenvalue weighted by Crippen LogP contribution is 2.22. The number of hydrogen-bond acceptors (Lipinski definition) is 4. The molecule has 24 heavy (non-hydrogen) atoms. The molecule has 3 rings (SSSR count). The minimum absolute atomic E-state index is 0.203. The number of anilines is 2. The second kappa shape index (κ2) is 7.05. The molecule has 1 aromatic heterocycles. The van der Waals surface area contributed by atoms with E-state index in [4.69, 9.17) is 4.74 Å². The minimum atomic E-state index is -0.203. The number of nitrogens with zero attached hydrogens (tertiary/aromatic N) is 2. The first kappa shape index (κ1) is 16.5. The van der Waals surface area contributed by atoms with Crippen LogP contribution in [0.1, 0.15) is 42.9 Å². The van der Waals surface area contributed by atoms with E-state index in [0.29, 0.717) is 17.7 Å². The standard InChI is InChI=1S/C18H24N4O2/c1-12(2)16-10-17(21-20-16)18(23)19-14-4-6-15(7-5-14)22-8-9-24-11-13(22)3/h4-7,10,12-13H,8-9,11H2,1-3H3,(H,19,23)(H,20,21)/t13-/m1/s1. The molecule has 0 saturated carbocycles. The van der Waals surface area contributed by atoms with Crippen molar-refractivity contribution in [1.82, 2.24) is 10.2 Å². The second-order valence-electron chi connectivity index (χ2n) is 6.48. The summed E-state index contributed by atoms with van der Waals surface area (Å²) in [7, 11) is 0. The number of nitrogens with one attached hydrogen (secondary N) is 2. The number of hydrogen-bond donors (Lipinski definition) is 2. The Hall–Kier alpha value is -2.34. The minimum Gasteiger partial charge on any atom is -0.377 e. The monoisotopic (exact) mass is 328 g/mol. The van der Waals surface area contributed by atoms with Gasteiger partial charge in [0.25, 0.3) is 5.91 Å². The molecule has 1 atom stereocenters. The summed E-state index contributed by atoms with van der Waals surface area (Å²) in [6, 6.07) is 10.1. The highest BCUT2D eigenvalue weighted by atomic mass is 16.5. The number of aromatic nitrogens is 2. The number of benzene rings is 1. The van der Waals surface area contributed by atoms with Gasteiger partial charge >= 0.3 is 0 Å². The first-order chi connectivity index (χ1) is 11.5. The number of amides is 1. The summed E-state index contributed by atoms with van der Waals surface area (Å²) in [5, 5.41) is 9.86. The lowest BCUT2D eigenvalue weighted by Gasteiger charge is -2.35. The molecule has 2 aromatic rings. The fourth-order valence-corrected chi connectivity index (χ4v) is 2.79. The SMILES string of the molecule is CC(C)c1cc(C(=O)Nc2ccc(N3CCOC[C@H]3C)cc2)n[nH]1. The molecule has 1 aromatic carbocycles. The Bertz CT molecular complexity index is 693. The number of carbonyl (C=O) groups is 1. The van der Waals surface area contributed by atoms with Crippen molar-refractivity contribution in [3.63, 3.8) is 0 Å². The second-order valence-corrected chi connectivity index (χ2v) is 6.48. The molecule has 1 saturated heterocycles. The van der Waals surface area contributed by atoms with Crippen LogP contribution < -0.4 is 10.2 Å². The molecular formula is C18H24N4O2. The molecule has 0 aliphatic carbocycles. The molecule has 0 bridgehead atoms. The summed E-state index contributed by atoms with van der Waals surface area (Å²) in [6.45, 7) is 8.65. The van der Waals surface area contributed by atoms with Gasteiger partial charge in [-0.25, -0.2) is 0 Å². The van der Waals surface area contributed by atoms with Gasteiger partial charge in [0.1, 0.15) is 0 Å². The van der Waals surface area contributed by atoms with Crippen LogP contribution in [-0.4, -0.2) is 41.9 Å². The van der Waals surface area contributed by atoms with Gasteiger partial charge in [0.15, 0.2) is 5.69 Å². The lowest BCUT2D eigenvalue weighted by atomic mass is 10.1. The van der Waals surface area contributed by atoms with Crippen molar-refractivity contribution in [1.29, 1.82) is 0 Å². The molecule has 1 aliphatic heterocycles. The Labute approximate surface area is 142 Å². The molecule has 2 heterocycles. The number of H-pyrrole nitrogens is 1. The molecule has 6 nitrogen and oxygen atoms in total. The Morgan fingerprint density at radius 2 is 2.12 bits per heavy atom. The molecule has 2 N–H and O–H groups in total. The summed E-state index contributed by atoms with van der Waals surface area (Å²) >= 11 is 0. The Kier molecular flexibility index (Phi) is 4.85. The van der Waals surface area contributed by atoms with E-state index >= 15 is 0 Å². The predicted octanol–water partition coefficient (Wildman–Crippen LogP) is 3.01. The van der Waals surface area contributed by atoms with Crippen LogP contribution >= 0.6 is 0 Å². The average molecular weight is 328 g/mol. The number of morpholine rings is 1. The normalized spacial score (nSPS) is 18.0. The van der Waals surface area contributed by atoms with Crippen LogP contribution in [-0.2, 0) is 4.74 Å². The molecule has 128 valence electrons. The molecule has 1 aliphatic rings. The fraction of sp³-hybridized carbons (Fsp3) is 0.444. The van der Waals surface area contributed by atoms with Gasteiger partial charge in [0.05, 0.1) is 13.2 Å². The predicted molar refractivity (Wildman–Crippen MR) is 94.7 cm³/mol. The third kappa shape index (κ3) is 3.59. The number of carbonyl (C=O) groups excluding carboxylic acids is 1. The first-order valence-corrected chi connectivity index (χ1v) is 8.35. The van der Waals surface area contributed by atoms with Crippen LogP contribution in [0.3, 0.4) is 0 Å². The van der Waals surface area contributed by atoms with E-state index in [1.807, 2.05) is 24.3 Å². The lowest BCUT2D eigenvalue weighted by Crippen LogP contribution is -2.43. The van der Waals surface area contributed by atoms with Gasteiger partial charge < -0.3 is 15.0 Å². The van der Waals surface area contributed by atoms with Crippen molar-refractivity contribution in [3.05, 3.63) is 41.7 Å². The van der Waals surface area contributed by atoms with Crippen LogP contribution in [0.2, 0.25) is 0 Å². The van der Waals surface area contributed by atoms with Gasteiger partial charge in [-0.15, -0.1) is 0 Å². The zero-order valence-corrected chi connectivity index (χ0v) is 14.4. The highest BCUT2D eigenvalue weighted by Gasteiger charge is 2.19. The van der Waals surface area contributed by atoms with Crippen LogP contribution in [0.15, 0.2) is 30.3 Å². The molecule has 6 heteroatoms. The Balaban J connectivity index is 1.66. The molecule has 0 unspecified atom stereocenters. The van der Waals surface area contributed by atoms with E-state index in [-0.39, 0.29) is 5.91 Å².